The Bertz CT molecular complexity index is 987. The highest BCUT2D eigenvalue weighted by atomic mass is 16.3. The Morgan fingerprint density at radius 3 is 2.25 bits per heavy atom. The summed E-state index contributed by atoms with van der Waals surface area (Å²) < 4.78 is 0. The molecule has 32 heavy (non-hydrogen) atoms. The van der Waals surface area contributed by atoms with E-state index in [4.69, 9.17) is 5.73 Å². The number of imide groups is 1. The van der Waals surface area contributed by atoms with E-state index in [0.29, 0.717) is 19.0 Å². The Balaban J connectivity index is 1.37. The van der Waals surface area contributed by atoms with E-state index in [1.165, 1.54) is 16.7 Å². The minimum atomic E-state index is -1.62. The second-order valence-corrected chi connectivity index (χ2v) is 8.49. The first-order valence-corrected chi connectivity index (χ1v) is 10.9. The molecule has 2 aromatic carbocycles. The fourth-order valence-electron chi connectivity index (χ4n) is 4.57. The Morgan fingerprint density at radius 2 is 1.69 bits per heavy atom. The van der Waals surface area contributed by atoms with Crippen LogP contribution in [0, 0.1) is 0 Å². The molecule has 2 unspecified atom stereocenters. The molecule has 2 aliphatic rings. The van der Waals surface area contributed by atoms with Crippen molar-refractivity contribution < 1.29 is 19.5 Å². The van der Waals surface area contributed by atoms with Gasteiger partial charge in [0.05, 0.1) is 19.1 Å². The molecule has 2 fully saturated rings. The normalized spacial score (nSPS) is 22.4. The number of aliphatic hydroxyl groups is 1. The lowest BCUT2D eigenvalue weighted by molar-refractivity contribution is -0.138. The third-order valence-corrected chi connectivity index (χ3v) is 6.57. The van der Waals surface area contributed by atoms with Gasteiger partial charge < -0.3 is 21.1 Å². The van der Waals surface area contributed by atoms with E-state index >= 15 is 0 Å². The molecular formula is C24H28N4O4. The number of hydrogen-bond acceptors (Lipinski definition) is 5. The number of benzene rings is 2. The third kappa shape index (κ3) is 4.24. The second kappa shape index (κ2) is 9.10. The first-order chi connectivity index (χ1) is 15.4. The molecule has 4 amide bonds. The minimum absolute atomic E-state index is 0.260. The number of aliphatic hydroxyl groups excluding tert-OH is 1. The van der Waals surface area contributed by atoms with Gasteiger partial charge in [0.2, 0.25) is 5.91 Å². The number of carbonyl (C=O) groups is 3. The molecule has 0 bridgehead atoms. The van der Waals surface area contributed by atoms with E-state index in [1.807, 2.05) is 18.2 Å². The number of nitrogens with zero attached hydrogens (tertiary/aromatic N) is 1. The lowest BCUT2D eigenvalue weighted by Crippen LogP contribution is -2.63. The van der Waals surface area contributed by atoms with Crippen molar-refractivity contribution in [1.82, 2.24) is 15.5 Å². The number of amides is 4. The molecule has 8 nitrogen and oxygen atoms in total. The highest BCUT2D eigenvalue weighted by Gasteiger charge is 2.52. The molecule has 2 heterocycles. The van der Waals surface area contributed by atoms with Crippen molar-refractivity contribution in [1.29, 1.82) is 0 Å². The van der Waals surface area contributed by atoms with Crippen molar-refractivity contribution in [3.8, 4) is 11.1 Å². The van der Waals surface area contributed by atoms with Gasteiger partial charge in [0, 0.05) is 13.1 Å². The summed E-state index contributed by atoms with van der Waals surface area (Å²) in [6, 6.07) is 17.0. The molecule has 2 aromatic rings. The van der Waals surface area contributed by atoms with Crippen LogP contribution in [0.5, 0.6) is 0 Å². The quantitative estimate of drug-likeness (QED) is 0.509. The summed E-state index contributed by atoms with van der Waals surface area (Å²) in [5.41, 5.74) is 7.88. The SMILES string of the molecule is NC(CO)C1(CC(=O)N2CCC(c3ccc(-c4ccccc4)cc3)CC2)NC(=O)NC1=O. The molecule has 2 atom stereocenters. The van der Waals surface area contributed by atoms with Gasteiger partial charge in [-0.2, -0.15) is 0 Å². The number of urea groups is 1. The average Bonchev–Trinajstić information content (AvgIpc) is 3.12. The zero-order chi connectivity index (χ0) is 22.7. The van der Waals surface area contributed by atoms with Crippen LogP contribution in [-0.2, 0) is 9.59 Å². The molecular weight excluding hydrogens is 408 g/mol. The number of nitrogens with two attached hydrogens (primary N) is 1. The molecule has 2 aliphatic heterocycles. The van der Waals surface area contributed by atoms with Gasteiger partial charge in [-0.3, -0.25) is 14.9 Å². The van der Waals surface area contributed by atoms with Crippen molar-refractivity contribution in [3.63, 3.8) is 0 Å². The fourth-order valence-corrected chi connectivity index (χ4v) is 4.57. The first-order valence-electron chi connectivity index (χ1n) is 10.9. The number of carbonyl (C=O) groups excluding carboxylic acids is 3. The Kier molecular flexibility index (Phi) is 6.25. The van der Waals surface area contributed by atoms with E-state index in [0.717, 1.165) is 12.8 Å². The standard InChI is InChI=1S/C24H28N4O4/c25-20(15-29)24(22(31)26-23(32)27-24)14-21(30)28-12-10-19(11-13-28)18-8-6-17(7-9-18)16-4-2-1-3-5-16/h1-9,19-20,29H,10-15,25H2,(H2,26,27,31,32). The van der Waals surface area contributed by atoms with Gasteiger partial charge in [-0.05, 0) is 35.4 Å². The summed E-state index contributed by atoms with van der Waals surface area (Å²) >= 11 is 0. The Labute approximate surface area is 186 Å². The van der Waals surface area contributed by atoms with Crippen LogP contribution >= 0.6 is 0 Å². The lowest BCUT2D eigenvalue weighted by atomic mass is 9.85. The van der Waals surface area contributed by atoms with Crippen LogP contribution in [0.25, 0.3) is 11.1 Å². The van der Waals surface area contributed by atoms with Crippen LogP contribution in [0.4, 0.5) is 4.79 Å². The summed E-state index contributed by atoms with van der Waals surface area (Å²) in [6.45, 7) is 0.593. The molecule has 5 N–H and O–H groups in total. The Hall–Kier alpha value is -3.23. The fraction of sp³-hybridized carbons (Fsp3) is 0.375. The van der Waals surface area contributed by atoms with E-state index in [9.17, 15) is 19.5 Å². The number of hydrogen-bond donors (Lipinski definition) is 4. The van der Waals surface area contributed by atoms with E-state index in [2.05, 4.69) is 47.0 Å². The van der Waals surface area contributed by atoms with Crippen molar-refractivity contribution in [2.45, 2.75) is 36.8 Å². The minimum Gasteiger partial charge on any atom is -0.395 e. The molecule has 4 rings (SSSR count). The van der Waals surface area contributed by atoms with Gasteiger partial charge in [0.15, 0.2) is 0 Å². The molecule has 168 valence electrons. The smallest absolute Gasteiger partial charge is 0.322 e. The third-order valence-electron chi connectivity index (χ3n) is 6.57. The molecule has 2 saturated heterocycles. The maximum absolute atomic E-state index is 12.9. The molecule has 0 aliphatic carbocycles. The van der Waals surface area contributed by atoms with E-state index < -0.39 is 30.1 Å². The summed E-state index contributed by atoms with van der Waals surface area (Å²) in [5, 5.41) is 14.0. The summed E-state index contributed by atoms with van der Waals surface area (Å²) in [7, 11) is 0. The molecule has 0 aromatic heterocycles. The number of nitrogens with one attached hydrogen (secondary N) is 2. The van der Waals surface area contributed by atoms with Crippen LogP contribution in [0.1, 0.15) is 30.7 Å². The molecule has 0 spiro atoms. The van der Waals surface area contributed by atoms with Crippen molar-refractivity contribution in [3.05, 3.63) is 60.2 Å². The van der Waals surface area contributed by atoms with Crippen LogP contribution in [0.15, 0.2) is 54.6 Å². The zero-order valence-electron chi connectivity index (χ0n) is 17.8. The summed E-state index contributed by atoms with van der Waals surface area (Å²) in [4.78, 5) is 38.6. The van der Waals surface area contributed by atoms with Gasteiger partial charge in [0.25, 0.3) is 5.91 Å². The first kappa shape index (κ1) is 22.0. The average molecular weight is 437 g/mol. The summed E-state index contributed by atoms with van der Waals surface area (Å²) in [5.74, 6) is -0.582. The van der Waals surface area contributed by atoms with Crippen molar-refractivity contribution >= 4 is 17.8 Å². The van der Waals surface area contributed by atoms with Gasteiger partial charge in [0.1, 0.15) is 5.54 Å². The summed E-state index contributed by atoms with van der Waals surface area (Å²) in [6.07, 6.45) is 1.35. The second-order valence-electron chi connectivity index (χ2n) is 8.49. The van der Waals surface area contributed by atoms with E-state index in [1.54, 1.807) is 4.90 Å². The maximum Gasteiger partial charge on any atom is 0.322 e. The van der Waals surface area contributed by atoms with Crippen LogP contribution in [0.2, 0.25) is 0 Å². The Morgan fingerprint density at radius 1 is 1.06 bits per heavy atom. The molecule has 0 radical (unpaired) electrons. The predicted molar refractivity (Wildman–Crippen MR) is 120 cm³/mol. The van der Waals surface area contributed by atoms with Gasteiger partial charge >= 0.3 is 6.03 Å². The number of piperidine rings is 1. The topological polar surface area (TPSA) is 125 Å². The largest absolute Gasteiger partial charge is 0.395 e. The van der Waals surface area contributed by atoms with Crippen molar-refractivity contribution in [2.75, 3.05) is 19.7 Å². The highest BCUT2D eigenvalue weighted by Crippen LogP contribution is 2.31. The number of rotatable bonds is 6. The lowest BCUT2D eigenvalue weighted by Gasteiger charge is -2.36. The maximum atomic E-state index is 12.9. The highest BCUT2D eigenvalue weighted by molar-refractivity contribution is 6.09. The predicted octanol–water partition coefficient (Wildman–Crippen LogP) is 1.35. The van der Waals surface area contributed by atoms with Crippen LogP contribution < -0.4 is 16.4 Å². The monoisotopic (exact) mass is 436 g/mol. The van der Waals surface area contributed by atoms with Crippen LogP contribution in [0.3, 0.4) is 0 Å². The molecule has 8 heteroatoms. The van der Waals surface area contributed by atoms with Gasteiger partial charge in [-0.25, -0.2) is 4.79 Å². The van der Waals surface area contributed by atoms with Crippen LogP contribution in [-0.4, -0.2) is 59.1 Å². The zero-order valence-corrected chi connectivity index (χ0v) is 17.8. The number of likely N-dealkylation sites (tertiary alicyclic amines) is 1. The van der Waals surface area contributed by atoms with Crippen molar-refractivity contribution in [2.24, 2.45) is 5.73 Å². The van der Waals surface area contributed by atoms with E-state index in [-0.39, 0.29) is 12.3 Å². The van der Waals surface area contributed by atoms with Gasteiger partial charge in [-0.1, -0.05) is 54.6 Å². The molecule has 0 saturated carbocycles. The van der Waals surface area contributed by atoms with Gasteiger partial charge in [-0.15, -0.1) is 0 Å².